The number of carbonyl (C=O) groups is 1. The zero-order chi connectivity index (χ0) is 17.1. The van der Waals surface area contributed by atoms with Crippen LogP contribution in [0.5, 0.6) is 0 Å². The van der Waals surface area contributed by atoms with Gasteiger partial charge in [0.25, 0.3) is 0 Å². The molecule has 0 bridgehead atoms. The third kappa shape index (κ3) is 3.41. The molecule has 5 nitrogen and oxygen atoms in total. The first kappa shape index (κ1) is 16.5. The van der Waals surface area contributed by atoms with Crippen LogP contribution in [0.25, 0.3) is 0 Å². The molecule has 1 aliphatic rings. The van der Waals surface area contributed by atoms with E-state index < -0.39 is 5.97 Å². The fourth-order valence-electron chi connectivity index (χ4n) is 2.40. The number of hydrogen-bond donors (Lipinski definition) is 1. The summed E-state index contributed by atoms with van der Waals surface area (Å²) in [5.74, 6) is 0.758. The minimum Gasteiger partial charge on any atom is -0.464 e. The maximum absolute atomic E-state index is 12.0. The highest BCUT2D eigenvalue weighted by atomic mass is 35.5. The summed E-state index contributed by atoms with van der Waals surface area (Å²) >= 11 is 6.35. The summed E-state index contributed by atoms with van der Waals surface area (Å²) in [6.07, 6.45) is 3.80. The topological polar surface area (TPSA) is 64.1 Å². The number of esters is 1. The number of halogens is 1. The lowest BCUT2D eigenvalue weighted by molar-refractivity contribution is 0.0593. The lowest BCUT2D eigenvalue weighted by atomic mass is 10.1. The number of rotatable bonds is 6. The van der Waals surface area contributed by atoms with E-state index in [0.29, 0.717) is 11.6 Å². The van der Waals surface area contributed by atoms with Crippen LogP contribution in [-0.2, 0) is 4.74 Å². The van der Waals surface area contributed by atoms with E-state index in [1.54, 1.807) is 6.08 Å². The predicted molar refractivity (Wildman–Crippen MR) is 93.4 cm³/mol. The van der Waals surface area contributed by atoms with Gasteiger partial charge in [0.2, 0.25) is 0 Å². The van der Waals surface area contributed by atoms with Crippen molar-refractivity contribution in [1.29, 1.82) is 0 Å². The molecule has 1 atom stereocenters. The van der Waals surface area contributed by atoms with Gasteiger partial charge in [-0.25, -0.2) is 14.8 Å². The van der Waals surface area contributed by atoms with E-state index in [4.69, 9.17) is 16.3 Å². The Kier molecular flexibility index (Phi) is 4.81. The zero-order valence-electron chi connectivity index (χ0n) is 13.3. The van der Waals surface area contributed by atoms with Gasteiger partial charge in [-0.15, -0.1) is 6.58 Å². The molecule has 1 aliphatic carbocycles. The van der Waals surface area contributed by atoms with Crippen molar-refractivity contribution in [3.05, 3.63) is 65.1 Å². The molecule has 124 valence electrons. The molecule has 3 rings (SSSR count). The molecule has 1 heterocycles. The van der Waals surface area contributed by atoms with Crippen LogP contribution < -0.4 is 5.32 Å². The summed E-state index contributed by atoms with van der Waals surface area (Å²) in [7, 11) is 1.31. The van der Waals surface area contributed by atoms with Crippen molar-refractivity contribution in [2.24, 2.45) is 0 Å². The molecule has 2 aromatic rings. The molecule has 0 aliphatic heterocycles. The van der Waals surface area contributed by atoms with Crippen molar-refractivity contribution >= 4 is 23.4 Å². The van der Waals surface area contributed by atoms with Crippen LogP contribution in [0.2, 0.25) is 5.02 Å². The van der Waals surface area contributed by atoms with E-state index in [1.165, 1.54) is 7.11 Å². The first-order chi connectivity index (χ1) is 11.6. The molecule has 0 radical (unpaired) electrons. The summed E-state index contributed by atoms with van der Waals surface area (Å²) in [5.41, 5.74) is 1.12. The van der Waals surface area contributed by atoms with Crippen LogP contribution in [-0.4, -0.2) is 23.0 Å². The molecular weight excluding hydrogens is 326 g/mol. The van der Waals surface area contributed by atoms with E-state index >= 15 is 0 Å². The second kappa shape index (κ2) is 7.01. The van der Waals surface area contributed by atoms with Gasteiger partial charge in [0, 0.05) is 5.92 Å². The minimum atomic E-state index is -0.567. The monoisotopic (exact) mass is 343 g/mol. The average molecular weight is 344 g/mol. The fourth-order valence-corrected chi connectivity index (χ4v) is 2.62. The molecule has 1 aromatic heterocycles. The normalized spacial score (nSPS) is 14.8. The molecule has 6 heteroatoms. The van der Waals surface area contributed by atoms with Crippen molar-refractivity contribution < 1.29 is 9.53 Å². The Labute approximate surface area is 145 Å². The molecule has 1 aromatic carbocycles. The number of carbonyl (C=O) groups excluding carboxylic acids is 1. The maximum atomic E-state index is 12.0. The molecule has 1 unspecified atom stereocenters. The zero-order valence-corrected chi connectivity index (χ0v) is 14.1. The first-order valence-electron chi connectivity index (χ1n) is 7.73. The lowest BCUT2D eigenvalue weighted by Crippen LogP contribution is -2.15. The molecule has 1 fully saturated rings. The number of nitrogens with one attached hydrogen (secondary N) is 1. The summed E-state index contributed by atoms with van der Waals surface area (Å²) in [4.78, 5) is 20.8. The van der Waals surface area contributed by atoms with E-state index in [9.17, 15) is 4.79 Å². The van der Waals surface area contributed by atoms with Gasteiger partial charge in [-0.1, -0.05) is 48.0 Å². The highest BCUT2D eigenvalue weighted by Crippen LogP contribution is 2.40. The quantitative estimate of drug-likeness (QED) is 0.631. The summed E-state index contributed by atoms with van der Waals surface area (Å²) in [6.45, 7) is 3.87. The Balaban J connectivity index is 1.98. The first-order valence-corrected chi connectivity index (χ1v) is 8.11. The third-order valence-corrected chi connectivity index (χ3v) is 4.23. The van der Waals surface area contributed by atoms with Crippen LogP contribution >= 0.6 is 11.6 Å². The van der Waals surface area contributed by atoms with Crippen LogP contribution in [0.15, 0.2) is 43.0 Å². The van der Waals surface area contributed by atoms with Crippen molar-refractivity contribution in [2.75, 3.05) is 12.4 Å². The minimum absolute atomic E-state index is 0.0921. The SMILES string of the molecule is C=CC(Nc1nc(C2CC2)nc(C(=O)OC)c1Cl)c1ccccc1. The van der Waals surface area contributed by atoms with Crippen LogP contribution in [0.4, 0.5) is 5.82 Å². The Morgan fingerprint density at radius 2 is 2.08 bits per heavy atom. The highest BCUT2D eigenvalue weighted by Gasteiger charge is 2.30. The summed E-state index contributed by atoms with van der Waals surface area (Å²) in [5, 5.41) is 3.41. The van der Waals surface area contributed by atoms with Crippen LogP contribution in [0.1, 0.15) is 46.7 Å². The number of hydrogen-bond acceptors (Lipinski definition) is 5. The molecular formula is C18H18ClN3O2. The van der Waals surface area contributed by atoms with E-state index in [1.807, 2.05) is 30.3 Å². The molecule has 24 heavy (non-hydrogen) atoms. The second-order valence-corrected chi connectivity index (χ2v) is 6.01. The number of benzene rings is 1. The van der Waals surface area contributed by atoms with Crippen molar-refractivity contribution in [3.63, 3.8) is 0 Å². The van der Waals surface area contributed by atoms with E-state index in [2.05, 4.69) is 21.9 Å². The van der Waals surface area contributed by atoms with Crippen LogP contribution in [0, 0.1) is 0 Å². The Morgan fingerprint density at radius 1 is 1.38 bits per heavy atom. The van der Waals surface area contributed by atoms with Gasteiger partial charge in [0.1, 0.15) is 16.7 Å². The molecule has 0 saturated heterocycles. The van der Waals surface area contributed by atoms with Gasteiger partial charge in [-0.05, 0) is 18.4 Å². The van der Waals surface area contributed by atoms with Gasteiger partial charge >= 0.3 is 5.97 Å². The van der Waals surface area contributed by atoms with Gasteiger partial charge in [-0.2, -0.15) is 0 Å². The van der Waals surface area contributed by atoms with Crippen LogP contribution in [0.3, 0.4) is 0 Å². The number of aromatic nitrogens is 2. The molecule has 0 amide bonds. The number of nitrogens with zero attached hydrogens (tertiary/aromatic N) is 2. The van der Waals surface area contributed by atoms with Crippen molar-refractivity contribution in [1.82, 2.24) is 9.97 Å². The Morgan fingerprint density at radius 3 is 2.67 bits per heavy atom. The number of ether oxygens (including phenoxy) is 1. The summed E-state index contributed by atoms with van der Waals surface area (Å²) in [6, 6.07) is 9.63. The predicted octanol–water partition coefficient (Wildman–Crippen LogP) is 4.13. The highest BCUT2D eigenvalue weighted by molar-refractivity contribution is 6.35. The maximum Gasteiger partial charge on any atom is 0.358 e. The Hall–Kier alpha value is -2.40. The smallest absolute Gasteiger partial charge is 0.358 e. The number of anilines is 1. The standard InChI is InChI=1S/C18H18ClN3O2/c1-3-13(11-7-5-4-6-8-11)20-17-14(19)15(18(23)24-2)21-16(22-17)12-9-10-12/h3-8,12-13H,1,9-10H2,2H3,(H,20,21,22). The van der Waals surface area contributed by atoms with Gasteiger partial charge in [-0.3, -0.25) is 0 Å². The molecule has 0 spiro atoms. The van der Waals surface area contributed by atoms with Gasteiger partial charge in [0.05, 0.1) is 13.2 Å². The van der Waals surface area contributed by atoms with Crippen molar-refractivity contribution in [3.8, 4) is 0 Å². The van der Waals surface area contributed by atoms with Gasteiger partial charge in [0.15, 0.2) is 5.69 Å². The Bertz CT molecular complexity index is 760. The van der Waals surface area contributed by atoms with E-state index in [0.717, 1.165) is 18.4 Å². The van der Waals surface area contributed by atoms with E-state index in [-0.39, 0.29) is 22.7 Å². The lowest BCUT2D eigenvalue weighted by Gasteiger charge is -2.18. The second-order valence-electron chi connectivity index (χ2n) is 5.63. The average Bonchev–Trinajstić information content (AvgIpc) is 3.46. The van der Waals surface area contributed by atoms with Gasteiger partial charge < -0.3 is 10.1 Å². The van der Waals surface area contributed by atoms with Crippen molar-refractivity contribution in [2.45, 2.75) is 24.8 Å². The fraction of sp³-hybridized carbons (Fsp3) is 0.278. The third-order valence-electron chi connectivity index (χ3n) is 3.88. The number of methoxy groups -OCH3 is 1. The molecule has 1 N–H and O–H groups in total. The molecule has 1 saturated carbocycles. The largest absolute Gasteiger partial charge is 0.464 e. The summed E-state index contributed by atoms with van der Waals surface area (Å²) < 4.78 is 4.78.